The normalized spacial score (nSPS) is 14.0. The van der Waals surface area contributed by atoms with Crippen LogP contribution in [0.2, 0.25) is 0 Å². The van der Waals surface area contributed by atoms with Crippen LogP contribution in [0.15, 0.2) is 0 Å². The minimum atomic E-state index is -4.97. The largest absolute Gasteiger partial charge is 0.472 e. The van der Waals surface area contributed by atoms with Crippen molar-refractivity contribution in [3.05, 3.63) is 0 Å². The molecular weight excluding hydrogens is 1470 g/mol. The second kappa shape index (κ2) is 84.7. The molecule has 17 nitrogen and oxygen atoms in total. The molecule has 0 aromatic carbocycles. The van der Waals surface area contributed by atoms with E-state index in [9.17, 15) is 43.2 Å². The Balaban J connectivity index is 5.24. The number of phosphoric ester groups is 2. The summed E-state index contributed by atoms with van der Waals surface area (Å²) in [5, 5.41) is 10.7. The zero-order valence-electron chi connectivity index (χ0n) is 75.6. The van der Waals surface area contributed by atoms with Crippen molar-refractivity contribution in [2.24, 2.45) is 17.8 Å². The van der Waals surface area contributed by atoms with Crippen molar-refractivity contribution in [3.63, 3.8) is 0 Å². The van der Waals surface area contributed by atoms with Crippen LogP contribution in [0.1, 0.15) is 511 Å². The SMILES string of the molecule is CCCCCCCCCCCCCCCCCCCCCC(=O)O[C@H](COC(=O)CCCCCCCCCCCC(C)C)COP(=O)(O)OC[C@H](O)COP(=O)(O)OC[C@@H](COC(=O)CCCCCCCCCCCCCCCCCCCCC(C)C)OC(=O)CCCCCCCCCCCCCCCCCCCCC(C)CC. The average Bonchev–Trinajstić information content (AvgIpc) is 0.898. The summed E-state index contributed by atoms with van der Waals surface area (Å²) in [5.41, 5.74) is 0. The van der Waals surface area contributed by atoms with E-state index in [1.165, 1.54) is 321 Å². The highest BCUT2D eigenvalue weighted by Crippen LogP contribution is 2.45. The van der Waals surface area contributed by atoms with Crippen molar-refractivity contribution in [2.45, 2.75) is 529 Å². The van der Waals surface area contributed by atoms with E-state index in [-0.39, 0.29) is 25.7 Å². The van der Waals surface area contributed by atoms with Crippen LogP contribution >= 0.6 is 15.6 Å². The Bertz CT molecular complexity index is 2190. The number of unbranched alkanes of at least 4 members (excludes halogenated alkanes) is 60. The fourth-order valence-corrected chi connectivity index (χ4v) is 16.5. The van der Waals surface area contributed by atoms with Crippen molar-refractivity contribution >= 4 is 39.5 Å². The smallest absolute Gasteiger partial charge is 0.462 e. The van der Waals surface area contributed by atoms with Gasteiger partial charge in [0.15, 0.2) is 12.2 Å². The monoisotopic (exact) mass is 1660 g/mol. The number of hydrogen-bond donors (Lipinski definition) is 3. The van der Waals surface area contributed by atoms with E-state index in [0.29, 0.717) is 25.7 Å². The zero-order chi connectivity index (χ0) is 83.6. The maximum absolute atomic E-state index is 13.2. The fourth-order valence-electron chi connectivity index (χ4n) is 14.9. The first-order valence-corrected chi connectivity index (χ1v) is 51.9. The van der Waals surface area contributed by atoms with Gasteiger partial charge in [-0.05, 0) is 43.4 Å². The fraction of sp³-hybridized carbons (Fsp3) is 0.958. The first-order chi connectivity index (χ1) is 55.3. The van der Waals surface area contributed by atoms with E-state index in [2.05, 4.69) is 48.5 Å². The second-order valence-electron chi connectivity index (χ2n) is 35.3. The van der Waals surface area contributed by atoms with Crippen LogP contribution in [0.4, 0.5) is 0 Å². The molecule has 3 N–H and O–H groups in total. The predicted molar refractivity (Wildman–Crippen MR) is 474 cm³/mol. The first kappa shape index (κ1) is 112. The highest BCUT2D eigenvalue weighted by atomic mass is 31.2. The highest BCUT2D eigenvalue weighted by molar-refractivity contribution is 7.47. The molecule has 114 heavy (non-hydrogen) atoms. The summed E-state index contributed by atoms with van der Waals surface area (Å²) in [5.74, 6) is 0.344. The molecule has 0 aliphatic carbocycles. The number of aliphatic hydroxyl groups is 1. The second-order valence-corrected chi connectivity index (χ2v) is 38.2. The molecule has 0 rings (SSSR count). The third-order valence-corrected chi connectivity index (χ3v) is 24.6. The summed E-state index contributed by atoms with van der Waals surface area (Å²) in [6, 6.07) is 0. The van der Waals surface area contributed by atoms with E-state index in [0.717, 1.165) is 108 Å². The maximum Gasteiger partial charge on any atom is 0.472 e. The quantitative estimate of drug-likeness (QED) is 0.0222. The van der Waals surface area contributed by atoms with Crippen molar-refractivity contribution in [2.75, 3.05) is 39.6 Å². The first-order valence-electron chi connectivity index (χ1n) is 48.9. The molecule has 0 amide bonds. The van der Waals surface area contributed by atoms with Gasteiger partial charge in [-0.3, -0.25) is 37.3 Å². The Kier molecular flexibility index (Phi) is 83.2. The molecule has 0 saturated heterocycles. The molecule has 678 valence electrons. The predicted octanol–water partition coefficient (Wildman–Crippen LogP) is 29.6. The number of ether oxygens (including phenoxy) is 4. The van der Waals surface area contributed by atoms with Crippen molar-refractivity contribution in [1.29, 1.82) is 0 Å². The van der Waals surface area contributed by atoms with Gasteiger partial charge in [-0.15, -0.1) is 0 Å². The Morgan fingerprint density at radius 3 is 0.667 bits per heavy atom. The van der Waals surface area contributed by atoms with Crippen LogP contribution in [-0.4, -0.2) is 96.7 Å². The molecule has 0 aromatic rings. The lowest BCUT2D eigenvalue weighted by Crippen LogP contribution is -2.30. The number of hydrogen-bond acceptors (Lipinski definition) is 15. The lowest BCUT2D eigenvalue weighted by Gasteiger charge is -2.21. The zero-order valence-corrected chi connectivity index (χ0v) is 77.4. The van der Waals surface area contributed by atoms with Gasteiger partial charge in [0.05, 0.1) is 26.4 Å². The molecule has 0 saturated carbocycles. The Morgan fingerprint density at radius 2 is 0.447 bits per heavy atom. The van der Waals surface area contributed by atoms with Gasteiger partial charge in [-0.2, -0.15) is 0 Å². The molecule has 0 fully saturated rings. The van der Waals surface area contributed by atoms with Gasteiger partial charge in [0.25, 0.3) is 0 Å². The molecule has 19 heteroatoms. The Labute approximate surface area is 702 Å². The van der Waals surface area contributed by atoms with Crippen LogP contribution < -0.4 is 0 Å². The lowest BCUT2D eigenvalue weighted by molar-refractivity contribution is -0.161. The van der Waals surface area contributed by atoms with Crippen LogP contribution in [0.3, 0.4) is 0 Å². The third kappa shape index (κ3) is 86.4. The number of carbonyl (C=O) groups is 4. The average molecular weight is 1660 g/mol. The summed E-state index contributed by atoms with van der Waals surface area (Å²) in [4.78, 5) is 73.6. The van der Waals surface area contributed by atoms with E-state index in [1.54, 1.807) is 0 Å². The molecule has 0 aliphatic heterocycles. The topological polar surface area (TPSA) is 237 Å². The highest BCUT2D eigenvalue weighted by Gasteiger charge is 2.31. The van der Waals surface area contributed by atoms with Crippen LogP contribution in [0.25, 0.3) is 0 Å². The van der Waals surface area contributed by atoms with Crippen molar-refractivity contribution in [1.82, 2.24) is 0 Å². The summed E-state index contributed by atoms with van der Waals surface area (Å²) >= 11 is 0. The van der Waals surface area contributed by atoms with E-state index in [4.69, 9.17) is 37.0 Å². The number of rotatable bonds is 93. The molecular formula is C95H186O17P2. The van der Waals surface area contributed by atoms with Crippen LogP contribution in [-0.2, 0) is 65.4 Å². The van der Waals surface area contributed by atoms with E-state index < -0.39 is 97.5 Å². The van der Waals surface area contributed by atoms with Crippen molar-refractivity contribution in [3.8, 4) is 0 Å². The molecule has 0 heterocycles. The lowest BCUT2D eigenvalue weighted by atomic mass is 9.99. The number of phosphoric acid groups is 2. The van der Waals surface area contributed by atoms with Gasteiger partial charge < -0.3 is 33.8 Å². The van der Waals surface area contributed by atoms with Gasteiger partial charge in [0.2, 0.25) is 0 Å². The number of carbonyl (C=O) groups excluding carboxylic acids is 4. The summed E-state index contributed by atoms with van der Waals surface area (Å²) < 4.78 is 69.2. The molecule has 6 atom stereocenters. The van der Waals surface area contributed by atoms with Crippen LogP contribution in [0, 0.1) is 17.8 Å². The molecule has 0 bridgehead atoms. The minimum absolute atomic E-state index is 0.109. The van der Waals surface area contributed by atoms with Gasteiger partial charge in [0, 0.05) is 25.7 Å². The maximum atomic E-state index is 13.2. The standard InChI is InChI=1S/C95H186O17P2/c1-8-10-11-12-13-14-15-16-17-18-19-27-32-37-42-49-57-64-71-79-95(100)112-91(83-106-93(98)77-70-63-56-51-44-46-53-60-67-74-87(5)6)85-110-114(103,104)108-81-89(96)80-107-113(101,102)109-84-90(82-105-92(97)76-69-62-55-48-41-36-31-26-22-20-24-29-34-39-45-52-59-66-73-86(3)4)111-94(99)78-72-65-58-50-43-38-33-28-23-21-25-30-35-40-47-54-61-68-75-88(7)9-2/h86-91,96H,8-85H2,1-7H3,(H,101,102)(H,103,104)/t88?,89-,90-,91-/m1/s1. The molecule has 0 spiro atoms. The summed E-state index contributed by atoms with van der Waals surface area (Å²) in [6.07, 6.45) is 79.3. The van der Waals surface area contributed by atoms with Gasteiger partial charge >= 0.3 is 39.5 Å². The molecule has 0 aromatic heterocycles. The minimum Gasteiger partial charge on any atom is -0.462 e. The van der Waals surface area contributed by atoms with Gasteiger partial charge in [-0.1, -0.05) is 459 Å². The molecule has 0 radical (unpaired) electrons. The number of aliphatic hydroxyl groups excluding tert-OH is 1. The Hall–Kier alpha value is -1.94. The molecule has 3 unspecified atom stereocenters. The van der Waals surface area contributed by atoms with Crippen LogP contribution in [0.5, 0.6) is 0 Å². The summed E-state index contributed by atoms with van der Waals surface area (Å²) in [7, 11) is -9.94. The van der Waals surface area contributed by atoms with E-state index >= 15 is 0 Å². The summed E-state index contributed by atoms with van der Waals surface area (Å²) in [6.45, 7) is 12.1. The van der Waals surface area contributed by atoms with Crippen molar-refractivity contribution < 1.29 is 80.2 Å². The van der Waals surface area contributed by atoms with Gasteiger partial charge in [-0.25, -0.2) is 9.13 Å². The Morgan fingerprint density at radius 1 is 0.254 bits per heavy atom. The number of esters is 4. The molecule has 0 aliphatic rings. The third-order valence-electron chi connectivity index (χ3n) is 22.7. The van der Waals surface area contributed by atoms with Gasteiger partial charge in [0.1, 0.15) is 19.3 Å². The van der Waals surface area contributed by atoms with E-state index in [1.807, 2.05) is 0 Å².